The van der Waals surface area contributed by atoms with Crippen molar-refractivity contribution in [1.29, 1.82) is 0 Å². The Bertz CT molecular complexity index is 1190. The second-order valence-corrected chi connectivity index (χ2v) is 8.75. The van der Waals surface area contributed by atoms with Gasteiger partial charge in [-0.25, -0.2) is 22.0 Å². The summed E-state index contributed by atoms with van der Waals surface area (Å²) >= 11 is 0.0775. The van der Waals surface area contributed by atoms with Crippen molar-refractivity contribution in [1.82, 2.24) is 4.90 Å². The van der Waals surface area contributed by atoms with Gasteiger partial charge in [0.2, 0.25) is 5.82 Å². The highest BCUT2D eigenvalue weighted by molar-refractivity contribution is 7.95. The molecule has 11 heteroatoms. The molecule has 0 saturated carbocycles. The first-order valence-electron chi connectivity index (χ1n) is 11.0. The molecule has 0 spiro atoms. The molecule has 5 nitrogen and oxygen atoms in total. The lowest BCUT2D eigenvalue weighted by Crippen LogP contribution is -2.45. The molecule has 0 radical (unpaired) electrons. The number of halogens is 5. The van der Waals surface area contributed by atoms with Crippen LogP contribution in [-0.2, 0) is 6.54 Å². The quantitative estimate of drug-likeness (QED) is 0.160. The van der Waals surface area contributed by atoms with Gasteiger partial charge in [0.15, 0.2) is 34.8 Å². The van der Waals surface area contributed by atoms with Crippen molar-refractivity contribution in [2.45, 2.75) is 11.4 Å². The summed E-state index contributed by atoms with van der Waals surface area (Å²) in [6.45, 7) is 4.01. The maximum atomic E-state index is 13.8. The number of hydrogen-bond acceptors (Lipinski definition) is 6. The maximum absolute atomic E-state index is 13.8. The van der Waals surface area contributed by atoms with Crippen molar-refractivity contribution in [3.63, 3.8) is 0 Å². The van der Waals surface area contributed by atoms with Gasteiger partial charge in [0.05, 0.1) is 26.3 Å². The first-order valence-corrected chi connectivity index (χ1v) is 11.7. The zero-order valence-corrected chi connectivity index (χ0v) is 20.3. The summed E-state index contributed by atoms with van der Waals surface area (Å²) in [4.78, 5) is 3.42. The highest BCUT2D eigenvalue weighted by Gasteiger charge is 2.27. The van der Waals surface area contributed by atoms with E-state index in [9.17, 15) is 22.0 Å². The molecule has 36 heavy (non-hydrogen) atoms. The van der Waals surface area contributed by atoms with Crippen LogP contribution in [0.5, 0.6) is 17.2 Å². The van der Waals surface area contributed by atoms with Crippen LogP contribution in [0.3, 0.4) is 0 Å². The minimum atomic E-state index is -2.21. The Morgan fingerprint density at radius 1 is 0.722 bits per heavy atom. The lowest BCUT2D eigenvalue weighted by atomic mass is 10.1. The normalized spacial score (nSPS) is 14.1. The highest BCUT2D eigenvalue weighted by Crippen LogP contribution is 2.33. The smallest absolute Gasteiger partial charge is 0.200 e. The van der Waals surface area contributed by atoms with Gasteiger partial charge in [0.1, 0.15) is 10.6 Å². The molecule has 3 aromatic carbocycles. The van der Waals surface area contributed by atoms with Crippen molar-refractivity contribution in [2.75, 3.05) is 45.3 Å². The zero-order valence-electron chi connectivity index (χ0n) is 19.5. The van der Waals surface area contributed by atoms with Gasteiger partial charge < -0.3 is 18.6 Å². The van der Waals surface area contributed by atoms with Crippen LogP contribution in [0, 0.1) is 29.1 Å². The molecule has 0 aromatic heterocycles. The summed E-state index contributed by atoms with van der Waals surface area (Å²) in [5, 5.41) is 0. The molecule has 0 aliphatic carbocycles. The average Bonchev–Trinajstić information content (AvgIpc) is 2.91. The summed E-state index contributed by atoms with van der Waals surface area (Å²) in [5.41, 5.74) is 2.04. The van der Waals surface area contributed by atoms with E-state index in [1.165, 1.54) is 0 Å². The van der Waals surface area contributed by atoms with E-state index in [1.807, 2.05) is 18.2 Å². The molecule has 1 fully saturated rings. The van der Waals surface area contributed by atoms with Crippen LogP contribution in [0.2, 0.25) is 0 Å². The van der Waals surface area contributed by atoms with Crippen LogP contribution < -0.4 is 18.6 Å². The van der Waals surface area contributed by atoms with Gasteiger partial charge in [-0.15, -0.1) is 0 Å². The highest BCUT2D eigenvalue weighted by atomic mass is 32.2. The minimum absolute atomic E-state index is 0.0775. The summed E-state index contributed by atoms with van der Waals surface area (Å²) in [6, 6.07) is 12.6. The van der Waals surface area contributed by atoms with Crippen molar-refractivity contribution in [2.24, 2.45) is 0 Å². The average molecular weight is 527 g/mol. The Kier molecular flexibility index (Phi) is 8.10. The number of benzene rings is 3. The Balaban J connectivity index is 1.32. The number of methoxy groups -OCH3 is 2. The van der Waals surface area contributed by atoms with Crippen LogP contribution in [0.25, 0.3) is 0 Å². The Morgan fingerprint density at radius 2 is 1.31 bits per heavy atom. The molecule has 0 unspecified atom stereocenters. The van der Waals surface area contributed by atoms with Crippen LogP contribution in [0.15, 0.2) is 47.4 Å². The summed E-state index contributed by atoms with van der Waals surface area (Å²) in [6.07, 6.45) is 0. The van der Waals surface area contributed by atoms with Crippen molar-refractivity contribution in [3.05, 3.63) is 77.1 Å². The molecule has 1 saturated heterocycles. The fraction of sp³-hybridized carbons (Fsp3) is 0.280. The second kappa shape index (κ2) is 11.3. The third-order valence-corrected chi connectivity index (χ3v) is 6.62. The van der Waals surface area contributed by atoms with Gasteiger partial charge in [-0.1, -0.05) is 6.07 Å². The number of hydrogen-bond donors (Lipinski definition) is 0. The van der Waals surface area contributed by atoms with Gasteiger partial charge in [-0.2, -0.15) is 0 Å². The van der Waals surface area contributed by atoms with E-state index in [2.05, 4.69) is 9.80 Å². The maximum Gasteiger partial charge on any atom is 0.200 e. The summed E-state index contributed by atoms with van der Waals surface area (Å²) in [5.74, 6) is -8.51. The molecule has 0 amide bonds. The van der Waals surface area contributed by atoms with E-state index in [0.717, 1.165) is 44.0 Å². The van der Waals surface area contributed by atoms with Crippen LogP contribution >= 0.6 is 12.0 Å². The fourth-order valence-electron chi connectivity index (χ4n) is 3.86. The van der Waals surface area contributed by atoms with E-state index in [-0.39, 0.29) is 17.8 Å². The predicted octanol–water partition coefficient (Wildman–Crippen LogP) is 5.81. The SMILES string of the molecule is COc1ccc(CN2CCN(c3ccc(OSc4c(F)c(F)c(F)c(F)c4F)cc3)CC2)cc1OC. The first kappa shape index (κ1) is 25.9. The minimum Gasteiger partial charge on any atom is -0.493 e. The van der Waals surface area contributed by atoms with Crippen LogP contribution in [0.4, 0.5) is 27.6 Å². The zero-order chi connectivity index (χ0) is 25.8. The molecule has 1 heterocycles. The van der Waals surface area contributed by atoms with E-state index in [4.69, 9.17) is 13.7 Å². The van der Waals surface area contributed by atoms with E-state index in [1.54, 1.807) is 38.5 Å². The molecule has 0 atom stereocenters. The topological polar surface area (TPSA) is 34.2 Å². The number of rotatable bonds is 8. The number of nitrogens with zero attached hydrogens (tertiary/aromatic N) is 2. The number of ether oxygens (including phenoxy) is 2. The lowest BCUT2D eigenvalue weighted by molar-refractivity contribution is 0.249. The fourth-order valence-corrected chi connectivity index (χ4v) is 4.48. The predicted molar refractivity (Wildman–Crippen MR) is 126 cm³/mol. The van der Waals surface area contributed by atoms with E-state index in [0.29, 0.717) is 11.5 Å². The van der Waals surface area contributed by atoms with E-state index < -0.39 is 34.0 Å². The molecule has 1 aliphatic heterocycles. The molecule has 4 rings (SSSR count). The number of anilines is 1. The third kappa shape index (κ3) is 5.46. The van der Waals surface area contributed by atoms with Gasteiger partial charge in [0.25, 0.3) is 0 Å². The largest absolute Gasteiger partial charge is 0.493 e. The summed E-state index contributed by atoms with van der Waals surface area (Å²) < 4.78 is 83.4. The molecule has 1 aliphatic rings. The molecule has 192 valence electrons. The van der Waals surface area contributed by atoms with Gasteiger partial charge in [0, 0.05) is 38.4 Å². The van der Waals surface area contributed by atoms with E-state index >= 15 is 0 Å². The lowest BCUT2D eigenvalue weighted by Gasteiger charge is -2.36. The molecule has 0 bridgehead atoms. The van der Waals surface area contributed by atoms with Gasteiger partial charge in [-0.3, -0.25) is 4.90 Å². The number of piperazine rings is 1. The second-order valence-electron chi connectivity index (χ2n) is 8.01. The van der Waals surface area contributed by atoms with Crippen molar-refractivity contribution < 1.29 is 35.6 Å². The van der Waals surface area contributed by atoms with Crippen LogP contribution in [0.1, 0.15) is 5.56 Å². The monoisotopic (exact) mass is 526 g/mol. The Hall–Kier alpha value is -3.18. The Morgan fingerprint density at radius 3 is 1.89 bits per heavy atom. The standard InChI is InChI=1S/C25H23F5N2O3S/c1-33-18-8-3-15(13-19(18)34-2)14-31-9-11-32(12-10-31)16-4-6-17(7-5-16)35-36-25-23(29)21(27)20(26)22(28)24(25)30/h3-8,13H,9-12,14H2,1-2H3. The van der Waals surface area contributed by atoms with Crippen LogP contribution in [-0.4, -0.2) is 45.3 Å². The van der Waals surface area contributed by atoms with Gasteiger partial charge in [-0.05, 0) is 42.0 Å². The molecule has 3 aromatic rings. The van der Waals surface area contributed by atoms with Crippen molar-refractivity contribution in [3.8, 4) is 17.2 Å². The third-order valence-electron chi connectivity index (χ3n) is 5.82. The Labute approximate surface area is 209 Å². The molecule has 0 N–H and O–H groups in total. The van der Waals surface area contributed by atoms with Gasteiger partial charge >= 0.3 is 0 Å². The molecular formula is C25H23F5N2O3S. The summed E-state index contributed by atoms with van der Waals surface area (Å²) in [7, 11) is 3.20. The molecular weight excluding hydrogens is 503 g/mol. The van der Waals surface area contributed by atoms with Crippen molar-refractivity contribution >= 4 is 17.7 Å². The first-order chi connectivity index (χ1) is 17.3.